The minimum absolute atomic E-state index is 0.698. The van der Waals surface area contributed by atoms with Gasteiger partial charge in [0, 0.05) is 18.6 Å². The summed E-state index contributed by atoms with van der Waals surface area (Å²) < 4.78 is 0. The van der Waals surface area contributed by atoms with E-state index in [9.17, 15) is 0 Å². The molecule has 0 saturated heterocycles. The van der Waals surface area contributed by atoms with Gasteiger partial charge in [-0.15, -0.1) is 0 Å². The van der Waals surface area contributed by atoms with Crippen LogP contribution in [0.5, 0.6) is 0 Å². The van der Waals surface area contributed by atoms with Gasteiger partial charge in [-0.05, 0) is 32.9 Å². The van der Waals surface area contributed by atoms with Gasteiger partial charge in [0.15, 0.2) is 0 Å². The number of hydrogen-bond acceptors (Lipinski definition) is 2. The molecule has 0 bridgehead atoms. The largest absolute Gasteiger partial charge is 0.315 e. The molecule has 2 nitrogen and oxygen atoms in total. The third-order valence-corrected chi connectivity index (χ3v) is 3.82. The van der Waals surface area contributed by atoms with Gasteiger partial charge in [0.05, 0.1) is 0 Å². The van der Waals surface area contributed by atoms with Gasteiger partial charge >= 0.3 is 0 Å². The monoisotopic (exact) mass is 226 g/mol. The molecular formula is C14H30N2. The summed E-state index contributed by atoms with van der Waals surface area (Å²) in [6.07, 6.45) is 8.39. The summed E-state index contributed by atoms with van der Waals surface area (Å²) in [7, 11) is 4.43. The highest BCUT2D eigenvalue weighted by molar-refractivity contribution is 4.84. The lowest BCUT2D eigenvalue weighted by molar-refractivity contribution is 0.152. The van der Waals surface area contributed by atoms with E-state index in [0.717, 1.165) is 12.0 Å². The van der Waals surface area contributed by atoms with Crippen molar-refractivity contribution in [2.75, 3.05) is 20.6 Å². The van der Waals surface area contributed by atoms with E-state index in [4.69, 9.17) is 0 Å². The number of hydrogen-bond donors (Lipinski definition) is 1. The number of nitrogens with one attached hydrogen (secondary N) is 1. The zero-order chi connectivity index (χ0) is 12.0. The van der Waals surface area contributed by atoms with E-state index in [1.54, 1.807) is 0 Å². The van der Waals surface area contributed by atoms with Crippen molar-refractivity contribution in [2.45, 2.75) is 64.5 Å². The second-order valence-corrected chi connectivity index (χ2v) is 5.79. The molecule has 1 aliphatic rings. The lowest BCUT2D eigenvalue weighted by Gasteiger charge is -2.37. The standard InChI is InChI=1S/C14H30N2/c1-12(2)11-16(4)14-10-8-6-5-7-9-13(14)15-3/h12-15H,5-11H2,1-4H3. The van der Waals surface area contributed by atoms with Crippen LogP contribution in [0.3, 0.4) is 0 Å². The van der Waals surface area contributed by atoms with Crippen LogP contribution in [-0.4, -0.2) is 37.6 Å². The van der Waals surface area contributed by atoms with Crippen molar-refractivity contribution in [3.63, 3.8) is 0 Å². The van der Waals surface area contributed by atoms with E-state index < -0.39 is 0 Å². The molecule has 1 rings (SSSR count). The molecule has 2 unspecified atom stereocenters. The quantitative estimate of drug-likeness (QED) is 0.793. The molecule has 0 aromatic carbocycles. The Labute approximate surface area is 102 Å². The van der Waals surface area contributed by atoms with E-state index >= 15 is 0 Å². The predicted octanol–water partition coefficient (Wildman–Crippen LogP) is 2.89. The van der Waals surface area contributed by atoms with Gasteiger partial charge in [0.2, 0.25) is 0 Å². The lowest BCUT2D eigenvalue weighted by atomic mass is 9.91. The smallest absolute Gasteiger partial charge is 0.0246 e. The summed E-state index contributed by atoms with van der Waals surface area (Å²) in [5, 5.41) is 3.53. The SMILES string of the molecule is CNC1CCCCCCC1N(C)CC(C)C. The van der Waals surface area contributed by atoms with Crippen molar-refractivity contribution in [1.82, 2.24) is 10.2 Å². The number of rotatable bonds is 4. The predicted molar refractivity (Wildman–Crippen MR) is 71.8 cm³/mol. The van der Waals surface area contributed by atoms with Crippen LogP contribution >= 0.6 is 0 Å². The topological polar surface area (TPSA) is 15.3 Å². The van der Waals surface area contributed by atoms with Gasteiger partial charge in [0.25, 0.3) is 0 Å². The highest BCUT2D eigenvalue weighted by Gasteiger charge is 2.24. The first-order valence-corrected chi connectivity index (χ1v) is 7.02. The summed E-state index contributed by atoms with van der Waals surface area (Å²) in [4.78, 5) is 2.58. The van der Waals surface area contributed by atoms with E-state index in [1.807, 2.05) is 0 Å². The molecule has 16 heavy (non-hydrogen) atoms. The third-order valence-electron chi connectivity index (χ3n) is 3.82. The molecule has 0 spiro atoms. The maximum Gasteiger partial charge on any atom is 0.0246 e. The average molecular weight is 226 g/mol. The van der Waals surface area contributed by atoms with E-state index in [-0.39, 0.29) is 0 Å². The van der Waals surface area contributed by atoms with Crippen molar-refractivity contribution in [3.05, 3.63) is 0 Å². The van der Waals surface area contributed by atoms with E-state index in [2.05, 4.69) is 38.2 Å². The summed E-state index contributed by atoms with van der Waals surface area (Å²) in [5.74, 6) is 0.771. The van der Waals surface area contributed by atoms with Gasteiger partial charge < -0.3 is 10.2 Å². The van der Waals surface area contributed by atoms with Crippen LogP contribution in [0.25, 0.3) is 0 Å². The Kier molecular flexibility index (Phi) is 6.37. The molecule has 2 heteroatoms. The highest BCUT2D eigenvalue weighted by atomic mass is 15.2. The molecule has 1 aliphatic carbocycles. The van der Waals surface area contributed by atoms with Crippen LogP contribution in [0, 0.1) is 5.92 Å². The van der Waals surface area contributed by atoms with Crippen molar-refractivity contribution in [3.8, 4) is 0 Å². The molecule has 2 atom stereocenters. The summed E-state index contributed by atoms with van der Waals surface area (Å²) in [6, 6.07) is 1.44. The zero-order valence-corrected chi connectivity index (χ0v) is 11.6. The molecule has 0 radical (unpaired) electrons. The first-order valence-electron chi connectivity index (χ1n) is 7.02. The van der Waals surface area contributed by atoms with Crippen LogP contribution in [0.2, 0.25) is 0 Å². The fourth-order valence-electron chi connectivity index (χ4n) is 3.04. The van der Waals surface area contributed by atoms with E-state index in [1.165, 1.54) is 45.1 Å². The van der Waals surface area contributed by atoms with Crippen LogP contribution in [0.4, 0.5) is 0 Å². The summed E-state index contributed by atoms with van der Waals surface area (Å²) in [6.45, 7) is 5.85. The molecule has 1 N–H and O–H groups in total. The molecular weight excluding hydrogens is 196 g/mol. The van der Waals surface area contributed by atoms with Gasteiger partial charge in [-0.25, -0.2) is 0 Å². The Bertz CT molecular complexity index is 180. The van der Waals surface area contributed by atoms with Crippen LogP contribution < -0.4 is 5.32 Å². The summed E-state index contributed by atoms with van der Waals surface area (Å²) >= 11 is 0. The second-order valence-electron chi connectivity index (χ2n) is 5.79. The molecule has 0 aliphatic heterocycles. The van der Waals surface area contributed by atoms with Crippen LogP contribution in [0.15, 0.2) is 0 Å². The second kappa shape index (κ2) is 7.29. The molecule has 1 fully saturated rings. The Balaban J connectivity index is 2.55. The molecule has 0 amide bonds. The lowest BCUT2D eigenvalue weighted by Crippen LogP contribution is -2.49. The Hall–Kier alpha value is -0.0800. The highest BCUT2D eigenvalue weighted by Crippen LogP contribution is 2.21. The van der Waals surface area contributed by atoms with Crippen molar-refractivity contribution in [2.24, 2.45) is 5.92 Å². The van der Waals surface area contributed by atoms with Crippen molar-refractivity contribution < 1.29 is 0 Å². The minimum atomic E-state index is 0.698. The Morgan fingerprint density at radius 3 is 2.31 bits per heavy atom. The molecule has 0 aromatic rings. The molecule has 0 aromatic heterocycles. The Morgan fingerprint density at radius 1 is 1.12 bits per heavy atom. The summed E-state index contributed by atoms with van der Waals surface area (Å²) in [5.41, 5.74) is 0. The number of likely N-dealkylation sites (N-methyl/N-ethyl adjacent to an activating group) is 2. The van der Waals surface area contributed by atoms with Crippen molar-refractivity contribution in [1.29, 1.82) is 0 Å². The Morgan fingerprint density at radius 2 is 1.75 bits per heavy atom. The average Bonchev–Trinajstić information content (AvgIpc) is 2.16. The molecule has 1 saturated carbocycles. The first-order chi connectivity index (χ1) is 7.65. The maximum absolute atomic E-state index is 3.53. The zero-order valence-electron chi connectivity index (χ0n) is 11.6. The van der Waals surface area contributed by atoms with Gasteiger partial charge in [0.1, 0.15) is 0 Å². The first kappa shape index (κ1) is 14.0. The van der Waals surface area contributed by atoms with Gasteiger partial charge in [-0.3, -0.25) is 0 Å². The minimum Gasteiger partial charge on any atom is -0.315 e. The maximum atomic E-state index is 3.53. The molecule has 0 heterocycles. The van der Waals surface area contributed by atoms with Gasteiger partial charge in [-0.2, -0.15) is 0 Å². The number of nitrogens with zero attached hydrogens (tertiary/aromatic N) is 1. The fourth-order valence-corrected chi connectivity index (χ4v) is 3.04. The third kappa shape index (κ3) is 4.42. The van der Waals surface area contributed by atoms with E-state index in [0.29, 0.717) is 6.04 Å². The normalized spacial score (nSPS) is 28.1. The fraction of sp³-hybridized carbons (Fsp3) is 1.00. The van der Waals surface area contributed by atoms with Crippen LogP contribution in [0.1, 0.15) is 52.4 Å². The van der Waals surface area contributed by atoms with Crippen LogP contribution in [-0.2, 0) is 0 Å². The van der Waals surface area contributed by atoms with Gasteiger partial charge in [-0.1, -0.05) is 39.5 Å². The van der Waals surface area contributed by atoms with Crippen molar-refractivity contribution >= 4 is 0 Å². The molecule has 96 valence electrons.